The molecule has 30 heavy (non-hydrogen) atoms. The van der Waals surface area contributed by atoms with Gasteiger partial charge in [-0.15, -0.1) is 0 Å². The highest BCUT2D eigenvalue weighted by Gasteiger charge is 2.22. The van der Waals surface area contributed by atoms with Crippen LogP contribution in [0.5, 0.6) is 5.75 Å². The number of nitrogens with one attached hydrogen (secondary N) is 1. The molecule has 0 fully saturated rings. The number of hydrogen-bond donors (Lipinski definition) is 1. The minimum atomic E-state index is -3.70. The number of methoxy groups -OCH3 is 1. The Labute approximate surface area is 179 Å². The summed E-state index contributed by atoms with van der Waals surface area (Å²) in [5.41, 5.74) is 1.99. The third-order valence-corrected chi connectivity index (χ3v) is 6.70. The van der Waals surface area contributed by atoms with Crippen molar-refractivity contribution in [1.29, 1.82) is 0 Å². The molecule has 1 atom stereocenters. The van der Waals surface area contributed by atoms with Gasteiger partial charge in [0.2, 0.25) is 10.0 Å². The summed E-state index contributed by atoms with van der Waals surface area (Å²) < 4.78 is 34.5. The number of hydrogen-bond acceptors (Lipinski definition) is 5. The third-order valence-electron chi connectivity index (χ3n) is 5.22. The van der Waals surface area contributed by atoms with Gasteiger partial charge >= 0.3 is 0 Å². The van der Waals surface area contributed by atoms with Crippen LogP contribution in [0.15, 0.2) is 65.6 Å². The Bertz CT molecular complexity index is 1110. The minimum Gasteiger partial charge on any atom is -0.497 e. The summed E-state index contributed by atoms with van der Waals surface area (Å²) in [6, 6.07) is 18.7. The number of anilines is 1. The maximum absolute atomic E-state index is 13.2. The van der Waals surface area contributed by atoms with Gasteiger partial charge in [0, 0.05) is 43.1 Å². The number of fused-ring (bicyclic) bond motifs is 1. The van der Waals surface area contributed by atoms with Crippen LogP contribution in [0.4, 0.5) is 5.69 Å². The van der Waals surface area contributed by atoms with Gasteiger partial charge in [-0.1, -0.05) is 36.4 Å². The van der Waals surface area contributed by atoms with Crippen LogP contribution in [0.1, 0.15) is 11.6 Å². The molecule has 0 saturated heterocycles. The average molecular weight is 428 g/mol. The molecule has 0 spiro atoms. The zero-order chi connectivity index (χ0) is 21.9. The molecule has 7 heteroatoms. The summed E-state index contributed by atoms with van der Waals surface area (Å²) in [6.45, 7) is 0.255. The van der Waals surface area contributed by atoms with E-state index < -0.39 is 10.0 Å². The Kier molecular flexibility index (Phi) is 6.65. The van der Waals surface area contributed by atoms with Crippen molar-refractivity contribution in [2.75, 3.05) is 46.7 Å². The van der Waals surface area contributed by atoms with Crippen LogP contribution in [-0.2, 0) is 10.0 Å². The molecule has 3 rings (SSSR count). The summed E-state index contributed by atoms with van der Waals surface area (Å²) in [5, 5.41) is 1.62. The quantitative estimate of drug-likeness (QED) is 0.596. The minimum absolute atomic E-state index is 0.113. The largest absolute Gasteiger partial charge is 0.497 e. The highest BCUT2D eigenvalue weighted by Crippen LogP contribution is 2.30. The van der Waals surface area contributed by atoms with Gasteiger partial charge < -0.3 is 14.5 Å². The lowest BCUT2D eigenvalue weighted by Crippen LogP contribution is -2.34. The molecule has 0 aliphatic carbocycles. The molecule has 3 aromatic carbocycles. The topological polar surface area (TPSA) is 61.9 Å². The molecule has 0 aliphatic rings. The standard InChI is InChI=1S/C23H29N3O3S/c1-25(2)21-10-6-9-20-19(21)8-7-11-23(20)30(27,28)24-16-22(26(3)4)17-12-14-18(29-5)15-13-17/h6-15,22,24H,16H2,1-5H3. The smallest absolute Gasteiger partial charge is 0.241 e. The Morgan fingerprint density at radius 1 is 0.900 bits per heavy atom. The first kappa shape index (κ1) is 22.1. The molecule has 1 unspecified atom stereocenters. The van der Waals surface area contributed by atoms with Gasteiger partial charge in [-0.25, -0.2) is 13.1 Å². The van der Waals surface area contributed by atoms with E-state index in [1.54, 1.807) is 19.2 Å². The second-order valence-electron chi connectivity index (χ2n) is 7.63. The van der Waals surface area contributed by atoms with Crippen molar-refractivity contribution in [3.8, 4) is 5.75 Å². The highest BCUT2D eigenvalue weighted by molar-refractivity contribution is 7.89. The van der Waals surface area contributed by atoms with E-state index >= 15 is 0 Å². The molecule has 0 bridgehead atoms. The zero-order valence-corrected chi connectivity index (χ0v) is 18.9. The molecule has 0 heterocycles. The second kappa shape index (κ2) is 9.04. The number of ether oxygens (including phenoxy) is 1. The maximum Gasteiger partial charge on any atom is 0.241 e. The van der Waals surface area contributed by atoms with Gasteiger partial charge in [-0.05, 0) is 43.9 Å². The van der Waals surface area contributed by atoms with Gasteiger partial charge in [0.1, 0.15) is 5.75 Å². The Morgan fingerprint density at radius 2 is 1.53 bits per heavy atom. The number of sulfonamides is 1. The lowest BCUT2D eigenvalue weighted by molar-refractivity contribution is 0.299. The van der Waals surface area contributed by atoms with Gasteiger partial charge in [0.05, 0.1) is 12.0 Å². The Balaban J connectivity index is 1.91. The number of likely N-dealkylation sites (N-methyl/N-ethyl adjacent to an activating group) is 1. The number of rotatable bonds is 8. The van der Waals surface area contributed by atoms with Gasteiger partial charge in [0.15, 0.2) is 0 Å². The fraction of sp³-hybridized carbons (Fsp3) is 0.304. The average Bonchev–Trinajstić information content (AvgIpc) is 2.73. The normalized spacial score (nSPS) is 12.9. The van der Waals surface area contributed by atoms with Gasteiger partial charge in [0.25, 0.3) is 0 Å². The second-order valence-corrected chi connectivity index (χ2v) is 9.36. The van der Waals surface area contributed by atoms with Crippen LogP contribution < -0.4 is 14.4 Å². The molecule has 0 radical (unpaired) electrons. The van der Waals surface area contributed by atoms with E-state index in [0.717, 1.165) is 22.4 Å². The number of nitrogens with zero attached hydrogens (tertiary/aromatic N) is 2. The van der Waals surface area contributed by atoms with E-state index in [4.69, 9.17) is 4.74 Å². The monoisotopic (exact) mass is 427 g/mol. The van der Waals surface area contributed by atoms with Crippen molar-refractivity contribution in [2.45, 2.75) is 10.9 Å². The predicted octanol–water partition coefficient (Wildman–Crippen LogP) is 3.50. The van der Waals surface area contributed by atoms with E-state index in [2.05, 4.69) is 4.72 Å². The van der Waals surface area contributed by atoms with Crippen LogP contribution in [0.25, 0.3) is 10.8 Å². The van der Waals surface area contributed by atoms with Crippen molar-refractivity contribution < 1.29 is 13.2 Å². The SMILES string of the molecule is COc1ccc(C(CNS(=O)(=O)c2cccc3c(N(C)C)cccc23)N(C)C)cc1. The molecule has 6 nitrogen and oxygen atoms in total. The van der Waals surface area contributed by atoms with E-state index in [-0.39, 0.29) is 17.5 Å². The van der Waals surface area contributed by atoms with Crippen molar-refractivity contribution in [2.24, 2.45) is 0 Å². The predicted molar refractivity (Wildman–Crippen MR) is 123 cm³/mol. The van der Waals surface area contributed by atoms with E-state index in [1.165, 1.54) is 0 Å². The van der Waals surface area contributed by atoms with Crippen LogP contribution in [0, 0.1) is 0 Å². The van der Waals surface area contributed by atoms with Crippen molar-refractivity contribution >= 4 is 26.5 Å². The van der Waals surface area contributed by atoms with Crippen LogP contribution >= 0.6 is 0 Å². The molecule has 3 aromatic rings. The van der Waals surface area contributed by atoms with Crippen LogP contribution in [-0.4, -0.2) is 55.2 Å². The molecule has 1 N–H and O–H groups in total. The Hall–Kier alpha value is -2.61. The molecular formula is C23H29N3O3S. The fourth-order valence-electron chi connectivity index (χ4n) is 3.58. The first-order chi connectivity index (χ1) is 14.2. The summed E-state index contributed by atoms with van der Waals surface area (Å²) in [7, 11) is 5.69. The number of benzene rings is 3. The zero-order valence-electron chi connectivity index (χ0n) is 18.1. The van der Waals surface area contributed by atoms with Crippen molar-refractivity contribution in [1.82, 2.24) is 9.62 Å². The first-order valence-electron chi connectivity index (χ1n) is 9.73. The van der Waals surface area contributed by atoms with Crippen molar-refractivity contribution in [3.05, 3.63) is 66.2 Å². The summed E-state index contributed by atoms with van der Waals surface area (Å²) in [5.74, 6) is 0.768. The van der Waals surface area contributed by atoms with E-state index in [0.29, 0.717) is 5.39 Å². The van der Waals surface area contributed by atoms with E-state index in [1.807, 2.05) is 86.5 Å². The first-order valence-corrected chi connectivity index (χ1v) is 11.2. The molecule has 0 aromatic heterocycles. The third kappa shape index (κ3) is 4.59. The molecule has 0 amide bonds. The molecule has 0 saturated carbocycles. The van der Waals surface area contributed by atoms with Gasteiger partial charge in [-0.2, -0.15) is 0 Å². The molecule has 160 valence electrons. The summed E-state index contributed by atoms with van der Waals surface area (Å²) in [6.07, 6.45) is 0. The molecular weight excluding hydrogens is 398 g/mol. The van der Waals surface area contributed by atoms with Crippen LogP contribution in [0.2, 0.25) is 0 Å². The lowest BCUT2D eigenvalue weighted by atomic mass is 10.1. The fourth-order valence-corrected chi connectivity index (χ4v) is 4.84. The Morgan fingerprint density at radius 3 is 2.13 bits per heavy atom. The summed E-state index contributed by atoms with van der Waals surface area (Å²) in [4.78, 5) is 4.27. The van der Waals surface area contributed by atoms with Crippen LogP contribution in [0.3, 0.4) is 0 Å². The lowest BCUT2D eigenvalue weighted by Gasteiger charge is -2.25. The maximum atomic E-state index is 13.2. The van der Waals surface area contributed by atoms with Gasteiger partial charge in [-0.3, -0.25) is 0 Å². The summed E-state index contributed by atoms with van der Waals surface area (Å²) >= 11 is 0. The van der Waals surface area contributed by atoms with E-state index in [9.17, 15) is 8.42 Å². The molecule has 0 aliphatic heterocycles. The highest BCUT2D eigenvalue weighted by atomic mass is 32.2. The van der Waals surface area contributed by atoms with Crippen molar-refractivity contribution in [3.63, 3.8) is 0 Å².